The normalized spacial score (nSPS) is 23.7. The molecule has 1 fully saturated rings. The van der Waals surface area contributed by atoms with Crippen LogP contribution in [-0.4, -0.2) is 61.7 Å². The molecule has 0 saturated carbocycles. The molecule has 1 aliphatic rings. The quantitative estimate of drug-likeness (QED) is 0.323. The number of hydrogen-bond donors (Lipinski definition) is 0. The maximum Gasteiger partial charge on any atom is 0.339 e. The number of esters is 4. The number of rotatable bonds is 6. The van der Waals surface area contributed by atoms with Crippen LogP contribution in [0.4, 0.5) is 0 Å². The van der Waals surface area contributed by atoms with Crippen LogP contribution in [0.3, 0.4) is 0 Å². The Kier molecular flexibility index (Phi) is 7.75. The van der Waals surface area contributed by atoms with Gasteiger partial charge in [-0.15, -0.1) is 0 Å². The summed E-state index contributed by atoms with van der Waals surface area (Å²) in [5.74, 6) is -3.25. The van der Waals surface area contributed by atoms with Gasteiger partial charge < -0.3 is 32.8 Å². The van der Waals surface area contributed by atoms with Gasteiger partial charge in [0, 0.05) is 38.3 Å². The molecule has 0 spiro atoms. The van der Waals surface area contributed by atoms with Crippen molar-refractivity contribution in [3.05, 3.63) is 40.2 Å². The van der Waals surface area contributed by atoms with E-state index in [2.05, 4.69) is 0 Å². The lowest BCUT2D eigenvalue weighted by atomic mass is 9.97. The Balaban J connectivity index is 2.06. The number of fused-ring (bicyclic) bond motifs is 1. The maximum atomic E-state index is 12.5. The molecule has 0 amide bonds. The maximum absolute atomic E-state index is 12.5. The van der Waals surface area contributed by atoms with E-state index in [9.17, 15) is 24.0 Å². The van der Waals surface area contributed by atoms with Gasteiger partial charge in [0.1, 0.15) is 11.3 Å². The second kappa shape index (κ2) is 10.6. The van der Waals surface area contributed by atoms with Gasteiger partial charge in [-0.25, -0.2) is 9.59 Å². The minimum absolute atomic E-state index is 0.115. The molecule has 0 N–H and O–H groups in total. The summed E-state index contributed by atoms with van der Waals surface area (Å²) < 4.78 is 37.3. The Labute approximate surface area is 199 Å². The minimum Gasteiger partial charge on any atom is -0.467 e. The molecule has 0 radical (unpaired) electrons. The fourth-order valence-electron chi connectivity index (χ4n) is 3.69. The van der Waals surface area contributed by atoms with E-state index in [1.807, 2.05) is 0 Å². The first kappa shape index (κ1) is 25.7. The molecule has 3 rings (SSSR count). The summed E-state index contributed by atoms with van der Waals surface area (Å²) in [6.45, 7) is 5.00. The van der Waals surface area contributed by atoms with Crippen molar-refractivity contribution in [3.8, 4) is 5.75 Å². The van der Waals surface area contributed by atoms with E-state index in [-0.39, 0.29) is 11.3 Å². The van der Waals surface area contributed by atoms with Crippen molar-refractivity contribution in [1.82, 2.24) is 0 Å². The van der Waals surface area contributed by atoms with E-state index in [0.717, 1.165) is 27.9 Å². The average molecular weight is 492 g/mol. The van der Waals surface area contributed by atoms with Gasteiger partial charge in [-0.1, -0.05) is 0 Å². The second-order valence-electron chi connectivity index (χ2n) is 7.69. The summed E-state index contributed by atoms with van der Waals surface area (Å²) in [4.78, 5) is 59.7. The fraction of sp³-hybridized carbons (Fsp3) is 0.435. The van der Waals surface area contributed by atoms with E-state index in [0.29, 0.717) is 10.9 Å². The van der Waals surface area contributed by atoms with Crippen LogP contribution in [0.5, 0.6) is 5.75 Å². The predicted octanol–water partition coefficient (Wildman–Crippen LogP) is 1.17. The van der Waals surface area contributed by atoms with Gasteiger partial charge >= 0.3 is 29.5 Å². The number of hydrogen-bond acceptors (Lipinski definition) is 12. The topological polar surface area (TPSA) is 154 Å². The zero-order chi connectivity index (χ0) is 25.9. The van der Waals surface area contributed by atoms with Crippen molar-refractivity contribution in [2.45, 2.75) is 58.4 Å². The highest BCUT2D eigenvalue weighted by molar-refractivity contribution is 5.81. The third-order valence-corrected chi connectivity index (χ3v) is 5.01. The van der Waals surface area contributed by atoms with Gasteiger partial charge in [0.25, 0.3) is 0 Å². The molecule has 3 unspecified atom stereocenters. The van der Waals surface area contributed by atoms with Crippen molar-refractivity contribution < 1.29 is 52.0 Å². The highest BCUT2D eigenvalue weighted by Crippen LogP contribution is 2.32. The first-order valence-electron chi connectivity index (χ1n) is 10.5. The van der Waals surface area contributed by atoms with Crippen LogP contribution in [0.1, 0.15) is 26.3 Å². The molecule has 12 heteroatoms. The highest BCUT2D eigenvalue weighted by atomic mass is 16.7. The lowest BCUT2D eigenvalue weighted by molar-refractivity contribution is -0.282. The molecule has 2 aromatic rings. The molecule has 1 saturated heterocycles. The summed E-state index contributed by atoms with van der Waals surface area (Å²) in [6, 6.07) is 5.92. The molecule has 0 aliphatic carbocycles. The monoisotopic (exact) mass is 492 g/mol. The predicted molar refractivity (Wildman–Crippen MR) is 115 cm³/mol. The number of carbonyl (C=O) groups excluding carboxylic acids is 4. The third-order valence-electron chi connectivity index (χ3n) is 5.01. The Morgan fingerprint density at radius 2 is 1.46 bits per heavy atom. The van der Waals surface area contributed by atoms with E-state index in [1.165, 1.54) is 18.2 Å². The number of aryl methyl sites for hydroxylation is 1. The van der Waals surface area contributed by atoms with E-state index in [4.69, 9.17) is 32.8 Å². The first-order valence-corrected chi connectivity index (χ1v) is 10.5. The smallest absolute Gasteiger partial charge is 0.339 e. The lowest BCUT2D eigenvalue weighted by Crippen LogP contribution is -2.64. The van der Waals surface area contributed by atoms with Crippen molar-refractivity contribution in [3.63, 3.8) is 0 Å². The molecule has 0 bridgehead atoms. The third kappa shape index (κ3) is 5.96. The zero-order valence-corrected chi connectivity index (χ0v) is 19.6. The van der Waals surface area contributed by atoms with E-state index in [1.54, 1.807) is 13.0 Å². The SMILES string of the molecule is COC(=O)C1O[C@@H](Oc2ccc3c(C)cc(=O)oc3c2)C(OC(C)=O)C(OC(C)=O)[C@@H]1OC(C)=O. The van der Waals surface area contributed by atoms with Gasteiger partial charge in [-0.05, 0) is 24.6 Å². The van der Waals surface area contributed by atoms with Crippen molar-refractivity contribution in [2.24, 2.45) is 0 Å². The van der Waals surface area contributed by atoms with Crippen LogP contribution in [0, 0.1) is 6.92 Å². The summed E-state index contributed by atoms with van der Waals surface area (Å²) in [5, 5.41) is 0.651. The van der Waals surface area contributed by atoms with Crippen LogP contribution in [0.25, 0.3) is 11.0 Å². The average Bonchev–Trinajstić information content (AvgIpc) is 2.75. The van der Waals surface area contributed by atoms with E-state index < -0.39 is 60.2 Å². The largest absolute Gasteiger partial charge is 0.467 e. The van der Waals surface area contributed by atoms with Crippen LogP contribution in [-0.2, 0) is 42.9 Å². The van der Waals surface area contributed by atoms with Gasteiger partial charge in [0.2, 0.25) is 12.4 Å². The second-order valence-corrected chi connectivity index (χ2v) is 7.69. The molecule has 35 heavy (non-hydrogen) atoms. The molecule has 188 valence electrons. The number of benzene rings is 1. The molecule has 5 atom stereocenters. The van der Waals surface area contributed by atoms with E-state index >= 15 is 0 Å². The fourth-order valence-corrected chi connectivity index (χ4v) is 3.69. The molecular formula is C23H24O12. The van der Waals surface area contributed by atoms with Crippen molar-refractivity contribution >= 4 is 34.8 Å². The zero-order valence-electron chi connectivity index (χ0n) is 19.6. The summed E-state index contributed by atoms with van der Waals surface area (Å²) in [5.41, 5.74) is 0.328. The van der Waals surface area contributed by atoms with Crippen molar-refractivity contribution in [1.29, 1.82) is 0 Å². The van der Waals surface area contributed by atoms with Gasteiger partial charge in [-0.2, -0.15) is 0 Å². The Morgan fingerprint density at radius 1 is 0.857 bits per heavy atom. The number of methoxy groups -OCH3 is 1. The van der Waals surface area contributed by atoms with Gasteiger partial charge in [-0.3, -0.25) is 14.4 Å². The summed E-state index contributed by atoms with van der Waals surface area (Å²) in [6.07, 6.45) is -7.56. The highest BCUT2D eigenvalue weighted by Gasteiger charge is 2.55. The van der Waals surface area contributed by atoms with Gasteiger partial charge in [0.15, 0.2) is 18.3 Å². The molecular weight excluding hydrogens is 468 g/mol. The van der Waals surface area contributed by atoms with Crippen LogP contribution < -0.4 is 10.4 Å². The molecule has 2 heterocycles. The van der Waals surface area contributed by atoms with Crippen LogP contribution in [0.2, 0.25) is 0 Å². The van der Waals surface area contributed by atoms with Crippen LogP contribution >= 0.6 is 0 Å². The standard InChI is InChI=1S/C23H24O12/c1-10-8-17(27)34-16-9-14(6-7-15(10)16)33-23-21(32-13(4)26)19(31-12(3)25)18(30-11(2)24)20(35-23)22(28)29-5/h6-9,18-21,23H,1-5H3/t18-,19?,20?,21?,23+/m0/s1. The Morgan fingerprint density at radius 3 is 2.06 bits per heavy atom. The number of ether oxygens (including phenoxy) is 6. The first-order chi connectivity index (χ1) is 16.5. The van der Waals surface area contributed by atoms with Crippen molar-refractivity contribution in [2.75, 3.05) is 7.11 Å². The summed E-state index contributed by atoms with van der Waals surface area (Å²) >= 11 is 0. The Bertz CT molecular complexity index is 1200. The number of carbonyl (C=O) groups is 4. The molecule has 1 aromatic heterocycles. The molecule has 12 nitrogen and oxygen atoms in total. The summed E-state index contributed by atoms with van der Waals surface area (Å²) in [7, 11) is 1.08. The molecule has 1 aromatic carbocycles. The van der Waals surface area contributed by atoms with Gasteiger partial charge in [0.05, 0.1) is 7.11 Å². The Hall–Kier alpha value is -3.93. The van der Waals surface area contributed by atoms with Crippen LogP contribution in [0.15, 0.2) is 33.5 Å². The minimum atomic E-state index is -1.59. The lowest BCUT2D eigenvalue weighted by Gasteiger charge is -2.43. The molecule has 1 aliphatic heterocycles.